The summed E-state index contributed by atoms with van der Waals surface area (Å²) in [5, 5.41) is 18.5. The molecule has 2 aromatic rings. The van der Waals surface area contributed by atoms with Crippen molar-refractivity contribution < 1.29 is 30.9 Å². The zero-order valence-corrected chi connectivity index (χ0v) is 10.9. The molecule has 0 saturated carbocycles. The Bertz CT molecular complexity index is 853. The minimum Gasteiger partial charge on any atom is -0.504 e. The van der Waals surface area contributed by atoms with Crippen LogP contribution in [0.1, 0.15) is 5.56 Å². The van der Waals surface area contributed by atoms with Crippen LogP contribution < -0.4 is 4.18 Å². The maximum absolute atomic E-state index is 12.3. The van der Waals surface area contributed by atoms with Gasteiger partial charge in [-0.25, -0.2) is 0 Å². The third-order valence-corrected chi connectivity index (χ3v) is 3.51. The summed E-state index contributed by atoms with van der Waals surface area (Å²) in [5.74, 6) is -1.66. The lowest BCUT2D eigenvalue weighted by Gasteiger charge is -2.12. The average molecular weight is 317 g/mol. The highest BCUT2D eigenvalue weighted by Crippen LogP contribution is 2.38. The van der Waals surface area contributed by atoms with Crippen molar-refractivity contribution in [3.05, 3.63) is 35.9 Å². The quantitative estimate of drug-likeness (QED) is 0.679. The Morgan fingerprint density at radius 1 is 1.19 bits per heavy atom. The maximum atomic E-state index is 12.3. The summed E-state index contributed by atoms with van der Waals surface area (Å²) in [6.45, 7) is 0. The Balaban J connectivity index is 2.69. The number of phenols is 1. The predicted octanol–water partition coefficient (Wildman–Crippen LogP) is 2.65. The zero-order chi connectivity index (χ0) is 15.8. The Labute approximate surface area is 116 Å². The van der Waals surface area contributed by atoms with E-state index in [2.05, 4.69) is 4.18 Å². The van der Waals surface area contributed by atoms with Crippen molar-refractivity contribution in [3.63, 3.8) is 0 Å². The molecule has 9 heteroatoms. The summed E-state index contributed by atoms with van der Waals surface area (Å²) >= 11 is 0. The van der Waals surface area contributed by atoms with Gasteiger partial charge in [-0.05, 0) is 23.6 Å². The largest absolute Gasteiger partial charge is 0.534 e. The second kappa shape index (κ2) is 4.82. The highest BCUT2D eigenvalue weighted by atomic mass is 32.2. The van der Waals surface area contributed by atoms with Crippen molar-refractivity contribution in [2.75, 3.05) is 0 Å². The summed E-state index contributed by atoms with van der Waals surface area (Å²) in [5.41, 5.74) is -5.56. The number of halogens is 3. The van der Waals surface area contributed by atoms with Gasteiger partial charge in [-0.3, -0.25) is 0 Å². The molecule has 5 nitrogen and oxygen atoms in total. The fourth-order valence-electron chi connectivity index (χ4n) is 1.59. The van der Waals surface area contributed by atoms with Gasteiger partial charge in [-0.2, -0.15) is 26.9 Å². The average Bonchev–Trinajstić information content (AvgIpc) is 2.40. The molecule has 1 N–H and O–H groups in total. The summed E-state index contributed by atoms with van der Waals surface area (Å²) in [6.07, 6.45) is 0. The molecule has 0 atom stereocenters. The van der Waals surface area contributed by atoms with E-state index in [0.717, 1.165) is 12.1 Å². The highest BCUT2D eigenvalue weighted by Gasteiger charge is 2.49. The van der Waals surface area contributed by atoms with E-state index in [1.165, 1.54) is 18.2 Å². The third kappa shape index (κ3) is 2.71. The molecule has 0 aliphatic rings. The van der Waals surface area contributed by atoms with Crippen LogP contribution in [0.5, 0.6) is 11.5 Å². The van der Waals surface area contributed by atoms with Crippen LogP contribution in [0.4, 0.5) is 13.2 Å². The van der Waals surface area contributed by atoms with Gasteiger partial charge >= 0.3 is 15.6 Å². The third-order valence-electron chi connectivity index (χ3n) is 2.56. The fraction of sp³-hybridized carbons (Fsp3) is 0.0833. The van der Waals surface area contributed by atoms with Crippen LogP contribution in [0.15, 0.2) is 30.3 Å². The SMILES string of the molecule is N#Cc1ccc2ccc(O)c(OS(=O)(=O)C(F)(F)F)c2c1. The van der Waals surface area contributed by atoms with Gasteiger partial charge in [-0.15, -0.1) is 0 Å². The number of nitriles is 1. The minimum atomic E-state index is -5.93. The van der Waals surface area contributed by atoms with Crippen molar-refractivity contribution in [3.8, 4) is 17.6 Å². The van der Waals surface area contributed by atoms with Crippen LogP contribution in [0.2, 0.25) is 0 Å². The molecule has 0 spiro atoms. The fourth-order valence-corrected chi connectivity index (χ4v) is 2.08. The molecule has 0 radical (unpaired) electrons. The topological polar surface area (TPSA) is 87.4 Å². The smallest absolute Gasteiger partial charge is 0.504 e. The number of rotatable bonds is 2. The number of phenolic OH excluding ortho intramolecular Hbond substituents is 1. The summed E-state index contributed by atoms with van der Waals surface area (Å²) in [6, 6.07) is 7.99. The molecule has 0 fully saturated rings. The van der Waals surface area contributed by atoms with E-state index in [-0.39, 0.29) is 10.9 Å². The van der Waals surface area contributed by atoms with Crippen molar-refractivity contribution >= 4 is 20.9 Å². The van der Waals surface area contributed by atoms with Crippen molar-refractivity contribution in [1.29, 1.82) is 5.26 Å². The molecule has 0 aliphatic heterocycles. The van der Waals surface area contributed by atoms with E-state index in [0.29, 0.717) is 5.39 Å². The van der Waals surface area contributed by atoms with Gasteiger partial charge in [0.15, 0.2) is 11.5 Å². The molecule has 21 heavy (non-hydrogen) atoms. The molecule has 2 aromatic carbocycles. The van der Waals surface area contributed by atoms with Crippen molar-refractivity contribution in [2.24, 2.45) is 0 Å². The number of alkyl halides is 3. The van der Waals surface area contributed by atoms with Gasteiger partial charge in [0.2, 0.25) is 0 Å². The number of aromatic hydroxyl groups is 1. The second-order valence-electron chi connectivity index (χ2n) is 3.94. The van der Waals surface area contributed by atoms with Gasteiger partial charge in [0, 0.05) is 5.39 Å². The number of hydrogen-bond donors (Lipinski definition) is 1. The molecular weight excluding hydrogens is 311 g/mol. The van der Waals surface area contributed by atoms with E-state index in [9.17, 15) is 26.7 Å². The minimum absolute atomic E-state index is 0.0716. The first-order chi connectivity index (χ1) is 9.65. The lowest BCUT2D eigenvalue weighted by atomic mass is 10.1. The molecule has 0 saturated heterocycles. The molecule has 0 unspecified atom stereocenters. The van der Waals surface area contributed by atoms with Gasteiger partial charge in [-0.1, -0.05) is 12.1 Å². The number of nitrogens with zero attached hydrogens (tertiary/aromatic N) is 1. The van der Waals surface area contributed by atoms with E-state index < -0.39 is 27.1 Å². The lowest BCUT2D eigenvalue weighted by molar-refractivity contribution is -0.0500. The number of hydrogen-bond acceptors (Lipinski definition) is 5. The lowest BCUT2D eigenvalue weighted by Crippen LogP contribution is -2.28. The molecule has 0 amide bonds. The predicted molar refractivity (Wildman–Crippen MR) is 65.9 cm³/mol. The normalized spacial score (nSPS) is 12.1. The second-order valence-corrected chi connectivity index (χ2v) is 5.48. The summed E-state index contributed by atoms with van der Waals surface area (Å²) < 4.78 is 63.1. The van der Waals surface area contributed by atoms with Crippen LogP contribution >= 0.6 is 0 Å². The molecule has 110 valence electrons. The van der Waals surface area contributed by atoms with E-state index in [1.54, 1.807) is 6.07 Å². The van der Waals surface area contributed by atoms with Gasteiger partial charge in [0.05, 0.1) is 11.6 Å². The molecular formula is C12H6F3NO4S. The van der Waals surface area contributed by atoms with Gasteiger partial charge in [0.25, 0.3) is 0 Å². The first-order valence-corrected chi connectivity index (χ1v) is 6.73. The van der Waals surface area contributed by atoms with Crippen molar-refractivity contribution in [2.45, 2.75) is 5.51 Å². The van der Waals surface area contributed by atoms with Crippen LogP contribution in [0.25, 0.3) is 10.8 Å². The van der Waals surface area contributed by atoms with Crippen LogP contribution in [-0.4, -0.2) is 19.0 Å². The van der Waals surface area contributed by atoms with Gasteiger partial charge in [0.1, 0.15) is 0 Å². The molecule has 0 heterocycles. The maximum Gasteiger partial charge on any atom is 0.534 e. The molecule has 0 aromatic heterocycles. The Morgan fingerprint density at radius 3 is 2.38 bits per heavy atom. The first-order valence-electron chi connectivity index (χ1n) is 5.32. The van der Waals surface area contributed by atoms with E-state index in [4.69, 9.17) is 5.26 Å². The summed E-state index contributed by atoms with van der Waals surface area (Å²) in [4.78, 5) is 0. The Kier molecular flexibility index (Phi) is 3.43. The van der Waals surface area contributed by atoms with Crippen molar-refractivity contribution in [1.82, 2.24) is 0 Å². The number of fused-ring (bicyclic) bond motifs is 1. The monoisotopic (exact) mass is 317 g/mol. The van der Waals surface area contributed by atoms with Crippen LogP contribution in [0, 0.1) is 11.3 Å². The first kappa shape index (κ1) is 14.9. The molecule has 0 bridgehead atoms. The van der Waals surface area contributed by atoms with Crippen LogP contribution in [-0.2, 0) is 10.1 Å². The number of benzene rings is 2. The molecule has 0 aliphatic carbocycles. The Hall–Kier alpha value is -2.47. The zero-order valence-electron chi connectivity index (χ0n) is 10.0. The standard InChI is InChI=1S/C12H6F3NO4S/c13-12(14,15)21(18,19)20-11-9-5-7(6-16)1-2-8(9)3-4-10(11)17/h1-5,17H. The Morgan fingerprint density at radius 2 is 1.81 bits per heavy atom. The van der Waals surface area contributed by atoms with E-state index in [1.807, 2.05) is 0 Å². The van der Waals surface area contributed by atoms with E-state index >= 15 is 0 Å². The van der Waals surface area contributed by atoms with Crippen LogP contribution in [0.3, 0.4) is 0 Å². The highest BCUT2D eigenvalue weighted by molar-refractivity contribution is 7.88. The molecule has 2 rings (SSSR count). The van der Waals surface area contributed by atoms with Gasteiger partial charge < -0.3 is 9.29 Å². The summed E-state index contributed by atoms with van der Waals surface area (Å²) in [7, 11) is -5.93.